The molecule has 2 N–H and O–H groups in total. The van der Waals surface area contributed by atoms with Gasteiger partial charge in [-0.2, -0.15) is 0 Å². The minimum Gasteiger partial charge on any atom is -0.321 e. The van der Waals surface area contributed by atoms with E-state index in [1.54, 1.807) is 0 Å². The fraction of sp³-hybridized carbons (Fsp3) is 0.200. The van der Waals surface area contributed by atoms with Gasteiger partial charge in [-0.3, -0.25) is 9.59 Å². The lowest BCUT2D eigenvalue weighted by atomic mass is 10.0. The fourth-order valence-electron chi connectivity index (χ4n) is 1.11. The Morgan fingerprint density at radius 1 is 1.29 bits per heavy atom. The molecule has 0 amide bonds. The SMILES string of the molecule is N[C@@H](Cc1ccccc1)C(=O)C(=O)Cl. The molecule has 74 valence electrons. The molecule has 14 heavy (non-hydrogen) atoms. The molecule has 3 nitrogen and oxygen atoms in total. The molecule has 1 atom stereocenters. The average molecular weight is 212 g/mol. The van der Waals surface area contributed by atoms with Crippen LogP contribution in [0.25, 0.3) is 0 Å². The molecule has 0 spiro atoms. The number of benzene rings is 1. The first-order valence-corrected chi connectivity index (χ1v) is 4.52. The molecule has 0 aliphatic heterocycles. The summed E-state index contributed by atoms with van der Waals surface area (Å²) in [5, 5.41) is -1.01. The third kappa shape index (κ3) is 2.94. The maximum atomic E-state index is 11.0. The van der Waals surface area contributed by atoms with Gasteiger partial charge >= 0.3 is 0 Å². The zero-order valence-electron chi connectivity index (χ0n) is 7.44. The van der Waals surface area contributed by atoms with Crippen LogP contribution >= 0.6 is 11.6 Å². The molecule has 0 bridgehead atoms. The number of Topliss-reactive ketones (excluding diaryl/α,β-unsaturated/α-hetero) is 1. The fourth-order valence-corrected chi connectivity index (χ4v) is 1.25. The predicted molar refractivity (Wildman–Crippen MR) is 54.0 cm³/mol. The maximum absolute atomic E-state index is 11.0. The average Bonchev–Trinajstić information content (AvgIpc) is 2.18. The van der Waals surface area contributed by atoms with Crippen molar-refractivity contribution in [2.24, 2.45) is 5.73 Å². The third-order valence-corrected chi connectivity index (χ3v) is 2.02. The van der Waals surface area contributed by atoms with E-state index in [-0.39, 0.29) is 0 Å². The van der Waals surface area contributed by atoms with Crippen molar-refractivity contribution in [3.63, 3.8) is 0 Å². The zero-order chi connectivity index (χ0) is 10.6. The van der Waals surface area contributed by atoms with E-state index < -0.39 is 17.1 Å². The van der Waals surface area contributed by atoms with Crippen LogP contribution in [-0.4, -0.2) is 17.1 Å². The van der Waals surface area contributed by atoms with Crippen molar-refractivity contribution in [3.05, 3.63) is 35.9 Å². The van der Waals surface area contributed by atoms with Crippen molar-refractivity contribution in [1.29, 1.82) is 0 Å². The molecule has 0 aliphatic rings. The Hall–Kier alpha value is -1.19. The summed E-state index contributed by atoms with van der Waals surface area (Å²) in [6.45, 7) is 0. The molecular weight excluding hydrogens is 202 g/mol. The number of carbonyl (C=O) groups is 2. The Morgan fingerprint density at radius 3 is 2.36 bits per heavy atom. The van der Waals surface area contributed by atoms with Gasteiger partial charge in [0.25, 0.3) is 5.24 Å². The molecule has 0 fully saturated rings. The van der Waals surface area contributed by atoms with Gasteiger partial charge in [0.2, 0.25) is 5.78 Å². The van der Waals surface area contributed by atoms with Gasteiger partial charge in [-0.05, 0) is 23.6 Å². The molecular formula is C10H10ClNO2. The second-order valence-electron chi connectivity index (χ2n) is 2.93. The van der Waals surface area contributed by atoms with Crippen LogP contribution < -0.4 is 5.73 Å². The summed E-state index contributed by atoms with van der Waals surface area (Å²) in [5.74, 6) is -0.740. The number of hydrogen-bond acceptors (Lipinski definition) is 3. The molecule has 0 aliphatic carbocycles. The van der Waals surface area contributed by atoms with E-state index in [9.17, 15) is 9.59 Å². The van der Waals surface area contributed by atoms with Gasteiger partial charge in [-0.25, -0.2) is 0 Å². The van der Waals surface area contributed by atoms with Crippen molar-refractivity contribution in [2.45, 2.75) is 12.5 Å². The molecule has 1 aromatic carbocycles. The van der Waals surface area contributed by atoms with Crippen LogP contribution in [-0.2, 0) is 16.0 Å². The van der Waals surface area contributed by atoms with Gasteiger partial charge in [-0.1, -0.05) is 30.3 Å². The molecule has 0 unspecified atom stereocenters. The zero-order valence-corrected chi connectivity index (χ0v) is 8.20. The Kier molecular flexibility index (Phi) is 3.80. The largest absolute Gasteiger partial charge is 0.321 e. The standard InChI is InChI=1S/C10H10ClNO2/c11-10(14)9(13)8(12)6-7-4-2-1-3-5-7/h1-5,8H,6,12H2/t8-/m0/s1. The van der Waals surface area contributed by atoms with Crippen LogP contribution in [0.15, 0.2) is 30.3 Å². The second-order valence-corrected chi connectivity index (χ2v) is 3.28. The van der Waals surface area contributed by atoms with Crippen molar-refractivity contribution in [1.82, 2.24) is 0 Å². The van der Waals surface area contributed by atoms with E-state index in [1.165, 1.54) is 0 Å². The lowest BCUT2D eigenvalue weighted by Crippen LogP contribution is -2.35. The molecule has 4 heteroatoms. The second kappa shape index (κ2) is 4.88. The van der Waals surface area contributed by atoms with E-state index in [0.29, 0.717) is 6.42 Å². The highest BCUT2D eigenvalue weighted by Gasteiger charge is 2.19. The van der Waals surface area contributed by atoms with Gasteiger partial charge in [0.05, 0.1) is 6.04 Å². The number of ketones is 1. The van der Waals surface area contributed by atoms with Crippen LogP contribution in [0.5, 0.6) is 0 Å². The van der Waals surface area contributed by atoms with Crippen LogP contribution in [0.4, 0.5) is 0 Å². The van der Waals surface area contributed by atoms with Gasteiger partial charge in [-0.15, -0.1) is 0 Å². The van der Waals surface area contributed by atoms with Gasteiger partial charge < -0.3 is 5.73 Å². The van der Waals surface area contributed by atoms with E-state index in [1.807, 2.05) is 30.3 Å². The van der Waals surface area contributed by atoms with E-state index >= 15 is 0 Å². The summed E-state index contributed by atoms with van der Waals surface area (Å²) in [5.41, 5.74) is 6.40. The van der Waals surface area contributed by atoms with E-state index in [0.717, 1.165) is 5.56 Å². The summed E-state index contributed by atoms with van der Waals surface area (Å²) < 4.78 is 0. The summed E-state index contributed by atoms with van der Waals surface area (Å²) >= 11 is 5.02. The summed E-state index contributed by atoms with van der Waals surface area (Å²) in [4.78, 5) is 21.6. The number of nitrogens with two attached hydrogens (primary N) is 1. The topological polar surface area (TPSA) is 60.2 Å². The first kappa shape index (κ1) is 10.9. The van der Waals surface area contributed by atoms with Crippen molar-refractivity contribution < 1.29 is 9.59 Å². The maximum Gasteiger partial charge on any atom is 0.289 e. The molecule has 1 aromatic rings. The lowest BCUT2D eigenvalue weighted by molar-refractivity contribution is -0.132. The minimum absolute atomic E-state index is 0.331. The Labute approximate surface area is 86.9 Å². The van der Waals surface area contributed by atoms with Crippen molar-refractivity contribution >= 4 is 22.6 Å². The number of halogens is 1. The van der Waals surface area contributed by atoms with E-state index in [4.69, 9.17) is 17.3 Å². The molecule has 0 saturated carbocycles. The quantitative estimate of drug-likeness (QED) is 0.595. The van der Waals surface area contributed by atoms with Crippen LogP contribution in [0.1, 0.15) is 5.56 Å². The normalized spacial score (nSPS) is 12.1. The Balaban J connectivity index is 2.62. The highest BCUT2D eigenvalue weighted by Crippen LogP contribution is 2.03. The van der Waals surface area contributed by atoms with Crippen LogP contribution in [0, 0.1) is 0 Å². The van der Waals surface area contributed by atoms with Gasteiger partial charge in [0.15, 0.2) is 0 Å². The highest BCUT2D eigenvalue weighted by molar-refractivity contribution is 6.81. The van der Waals surface area contributed by atoms with Crippen LogP contribution in [0.2, 0.25) is 0 Å². The number of hydrogen-bond donors (Lipinski definition) is 1. The monoisotopic (exact) mass is 211 g/mol. The van der Waals surface area contributed by atoms with Crippen molar-refractivity contribution in [2.75, 3.05) is 0 Å². The van der Waals surface area contributed by atoms with E-state index in [2.05, 4.69) is 0 Å². The third-order valence-electron chi connectivity index (χ3n) is 1.83. The van der Waals surface area contributed by atoms with Crippen molar-refractivity contribution in [3.8, 4) is 0 Å². The summed E-state index contributed by atoms with van der Waals surface area (Å²) in [7, 11) is 0. The van der Waals surface area contributed by atoms with Crippen LogP contribution in [0.3, 0.4) is 0 Å². The smallest absolute Gasteiger partial charge is 0.289 e. The molecule has 0 radical (unpaired) electrons. The summed E-state index contributed by atoms with van der Waals surface area (Å²) in [6, 6.07) is 8.38. The van der Waals surface area contributed by atoms with Gasteiger partial charge in [0, 0.05) is 0 Å². The predicted octanol–water partition coefficient (Wildman–Crippen LogP) is 0.891. The molecule has 1 rings (SSSR count). The first-order chi connectivity index (χ1) is 6.61. The molecule has 0 saturated heterocycles. The Bertz CT molecular complexity index is 337. The summed E-state index contributed by atoms with van der Waals surface area (Å²) in [6.07, 6.45) is 0.331. The minimum atomic E-state index is -1.01. The molecule has 0 aromatic heterocycles. The van der Waals surface area contributed by atoms with Gasteiger partial charge in [0.1, 0.15) is 0 Å². The highest BCUT2D eigenvalue weighted by atomic mass is 35.5. The number of carbonyl (C=O) groups excluding carboxylic acids is 2. The molecule has 0 heterocycles. The Morgan fingerprint density at radius 2 is 1.86 bits per heavy atom. The lowest BCUT2D eigenvalue weighted by Gasteiger charge is -2.06. The first-order valence-electron chi connectivity index (χ1n) is 4.14. The number of rotatable bonds is 4.